The van der Waals surface area contributed by atoms with Crippen LogP contribution in [-0.2, 0) is 16.6 Å². The molecule has 0 bridgehead atoms. The monoisotopic (exact) mass is 600 g/mol. The lowest BCUT2D eigenvalue weighted by Crippen LogP contribution is -2.45. The minimum absolute atomic E-state index is 0. The number of ether oxygens (including phenoxy) is 1. The molecule has 0 radical (unpaired) electrons. The molecule has 1 saturated heterocycles. The van der Waals surface area contributed by atoms with Gasteiger partial charge in [0.2, 0.25) is 0 Å². The molecule has 38 heavy (non-hydrogen) atoms. The van der Waals surface area contributed by atoms with Gasteiger partial charge in [0.1, 0.15) is 5.75 Å². The van der Waals surface area contributed by atoms with Crippen molar-refractivity contribution in [3.05, 3.63) is 70.4 Å². The van der Waals surface area contributed by atoms with Crippen molar-refractivity contribution in [1.82, 2.24) is 15.6 Å². The summed E-state index contributed by atoms with van der Waals surface area (Å²) in [4.78, 5) is 4.31. The van der Waals surface area contributed by atoms with Gasteiger partial charge in [0, 0.05) is 31.2 Å². The van der Waals surface area contributed by atoms with E-state index in [1.807, 2.05) is 39.0 Å². The zero-order valence-electron chi connectivity index (χ0n) is 22.4. The van der Waals surface area contributed by atoms with Crippen molar-refractivity contribution in [2.45, 2.75) is 69.5 Å². The third-order valence-electron chi connectivity index (χ3n) is 6.40. The smallest absolute Gasteiger partial charge is 0.275 e. The van der Waals surface area contributed by atoms with Crippen molar-refractivity contribution < 1.29 is 13.2 Å². The van der Waals surface area contributed by atoms with E-state index in [1.54, 1.807) is 20.0 Å². The number of thiazole rings is 1. The first-order chi connectivity index (χ1) is 17.2. The molecule has 3 aromatic rings. The minimum atomic E-state index is -3.72. The molecule has 2 atom stereocenters. The number of hydrogen-bond donors (Lipinski definition) is 2. The Morgan fingerprint density at radius 3 is 2.50 bits per heavy atom. The van der Waals surface area contributed by atoms with E-state index in [9.17, 15) is 8.42 Å². The fourth-order valence-corrected chi connectivity index (χ4v) is 7.47. The second kappa shape index (κ2) is 14.0. The number of nitrogens with one attached hydrogen (secondary N) is 2. The van der Waals surface area contributed by atoms with E-state index in [0.717, 1.165) is 35.7 Å². The Bertz CT molecular complexity index is 1290. The molecular weight excluding hydrogens is 563 g/mol. The number of nitrogens with zero attached hydrogens (tertiary/aromatic N) is 2. The first-order valence-electron chi connectivity index (χ1n) is 12.4. The van der Waals surface area contributed by atoms with Gasteiger partial charge in [-0.1, -0.05) is 30.3 Å². The summed E-state index contributed by atoms with van der Waals surface area (Å²) in [5.74, 6) is 0.761. The molecule has 0 saturated carbocycles. The highest BCUT2D eigenvalue weighted by Crippen LogP contribution is 2.32. The van der Waals surface area contributed by atoms with Gasteiger partial charge in [0.05, 0.1) is 22.5 Å². The van der Waals surface area contributed by atoms with Gasteiger partial charge in [-0.15, -0.1) is 36.2 Å². The Morgan fingerprint density at radius 2 is 1.87 bits per heavy atom. The third kappa shape index (κ3) is 7.40. The topological polar surface area (TPSA) is 83.6 Å². The van der Waals surface area contributed by atoms with Crippen LogP contribution in [-0.4, -0.2) is 39.1 Å². The minimum Gasteiger partial charge on any atom is -0.491 e. The number of hydrogen-bond acceptors (Lipinski definition) is 7. The van der Waals surface area contributed by atoms with Crippen LogP contribution in [0, 0.1) is 13.8 Å². The Kier molecular flexibility index (Phi) is 11.9. The first-order valence-corrected chi connectivity index (χ1v) is 14.7. The number of piperidine rings is 1. The van der Waals surface area contributed by atoms with Crippen LogP contribution in [0.1, 0.15) is 54.6 Å². The standard InChI is InChI=1S/C27H36N4O3S2.2ClH/c1-18(2)34-25-14-13-23(31(5)36(32,33)27-19(3)30-20(4)35-27)16-22(25)17-29-24-12-9-15-28-26(24)21-10-7-6-8-11-21;;/h6-8,10-11,13-14,16,18,24,26,28-29H,9,12,15,17H2,1-5H3;2*1H/t24-,26-;;/m0../s1. The van der Waals surface area contributed by atoms with Crippen LogP contribution in [0.25, 0.3) is 0 Å². The number of sulfonamides is 1. The number of benzene rings is 2. The van der Waals surface area contributed by atoms with E-state index in [4.69, 9.17) is 4.74 Å². The molecule has 0 unspecified atom stereocenters. The van der Waals surface area contributed by atoms with E-state index < -0.39 is 10.0 Å². The highest BCUT2D eigenvalue weighted by Gasteiger charge is 2.28. The lowest BCUT2D eigenvalue weighted by Gasteiger charge is -2.34. The molecule has 1 fully saturated rings. The molecule has 7 nitrogen and oxygen atoms in total. The summed E-state index contributed by atoms with van der Waals surface area (Å²) < 4.78 is 34.5. The van der Waals surface area contributed by atoms with Crippen LogP contribution in [0.4, 0.5) is 5.69 Å². The van der Waals surface area contributed by atoms with Gasteiger partial charge in [-0.05, 0) is 70.8 Å². The number of anilines is 1. The fourth-order valence-electron chi connectivity index (χ4n) is 4.64. The van der Waals surface area contributed by atoms with Gasteiger partial charge < -0.3 is 15.4 Å². The van der Waals surface area contributed by atoms with E-state index in [2.05, 4.69) is 39.9 Å². The van der Waals surface area contributed by atoms with Crippen LogP contribution in [0.15, 0.2) is 52.7 Å². The highest BCUT2D eigenvalue weighted by atomic mass is 35.5. The van der Waals surface area contributed by atoms with E-state index >= 15 is 0 Å². The summed E-state index contributed by atoms with van der Waals surface area (Å²) in [6, 6.07) is 16.6. The summed E-state index contributed by atoms with van der Waals surface area (Å²) in [5, 5.41) is 8.12. The second-order valence-corrected chi connectivity index (χ2v) is 12.9. The van der Waals surface area contributed by atoms with Crippen LogP contribution < -0.4 is 19.7 Å². The average molecular weight is 602 g/mol. The Balaban J connectivity index is 0.00000253. The van der Waals surface area contributed by atoms with Crippen molar-refractivity contribution in [3.63, 3.8) is 0 Å². The normalized spacial score (nSPS) is 17.4. The van der Waals surface area contributed by atoms with Gasteiger partial charge >= 0.3 is 0 Å². The zero-order valence-corrected chi connectivity index (χ0v) is 25.7. The summed E-state index contributed by atoms with van der Waals surface area (Å²) in [6.07, 6.45) is 2.17. The maximum atomic E-state index is 13.4. The molecule has 11 heteroatoms. The molecule has 4 rings (SSSR count). The highest BCUT2D eigenvalue weighted by molar-refractivity contribution is 7.94. The first kappa shape index (κ1) is 32.3. The van der Waals surface area contributed by atoms with Crippen LogP contribution in [0.5, 0.6) is 5.75 Å². The fraction of sp³-hybridized carbons (Fsp3) is 0.444. The molecule has 0 spiro atoms. The third-order valence-corrected chi connectivity index (χ3v) is 9.84. The second-order valence-electron chi connectivity index (χ2n) is 9.51. The quantitative estimate of drug-likeness (QED) is 0.323. The average Bonchev–Trinajstić information content (AvgIpc) is 3.22. The molecule has 2 N–H and O–H groups in total. The van der Waals surface area contributed by atoms with E-state index in [1.165, 1.54) is 21.2 Å². The molecule has 210 valence electrons. The lowest BCUT2D eigenvalue weighted by molar-refractivity contribution is 0.238. The summed E-state index contributed by atoms with van der Waals surface area (Å²) in [7, 11) is -2.12. The van der Waals surface area contributed by atoms with Crippen molar-refractivity contribution in [1.29, 1.82) is 0 Å². The van der Waals surface area contributed by atoms with Crippen molar-refractivity contribution in [3.8, 4) is 5.75 Å². The summed E-state index contributed by atoms with van der Waals surface area (Å²) >= 11 is 1.20. The number of halogens is 2. The zero-order chi connectivity index (χ0) is 25.9. The molecule has 1 aromatic heterocycles. The van der Waals surface area contributed by atoms with Crippen LogP contribution in [0.3, 0.4) is 0 Å². The Labute approximate surface area is 243 Å². The predicted octanol–water partition coefficient (Wildman–Crippen LogP) is 5.80. The van der Waals surface area contributed by atoms with Crippen molar-refractivity contribution >= 4 is 51.9 Å². The summed E-state index contributed by atoms with van der Waals surface area (Å²) in [5.41, 5.74) is 3.32. The van der Waals surface area contributed by atoms with E-state index in [-0.39, 0.29) is 47.2 Å². The van der Waals surface area contributed by atoms with Crippen LogP contribution in [0.2, 0.25) is 0 Å². The van der Waals surface area contributed by atoms with Gasteiger partial charge in [-0.25, -0.2) is 13.4 Å². The number of aromatic nitrogens is 1. The molecular formula is C27H38Cl2N4O3S2. The maximum absolute atomic E-state index is 13.4. The van der Waals surface area contributed by atoms with Crippen molar-refractivity contribution in [2.24, 2.45) is 0 Å². The van der Waals surface area contributed by atoms with E-state index in [0.29, 0.717) is 17.9 Å². The Hall–Kier alpha value is -1.88. The molecule has 2 heterocycles. The number of aryl methyl sites for hydroxylation is 2. The molecule has 2 aromatic carbocycles. The molecule has 1 aliphatic heterocycles. The largest absolute Gasteiger partial charge is 0.491 e. The van der Waals surface area contributed by atoms with Gasteiger partial charge in [-0.2, -0.15) is 0 Å². The lowest BCUT2D eigenvalue weighted by atomic mass is 9.92. The molecule has 0 amide bonds. The van der Waals surface area contributed by atoms with Gasteiger partial charge in [0.25, 0.3) is 10.0 Å². The number of rotatable bonds is 9. The van der Waals surface area contributed by atoms with Gasteiger partial charge in [0.15, 0.2) is 4.21 Å². The van der Waals surface area contributed by atoms with Crippen LogP contribution >= 0.6 is 36.2 Å². The van der Waals surface area contributed by atoms with Gasteiger partial charge in [-0.3, -0.25) is 4.31 Å². The Morgan fingerprint density at radius 1 is 1.16 bits per heavy atom. The molecule has 1 aliphatic rings. The SMILES string of the molecule is Cc1nc(C)c(S(=O)(=O)N(C)c2ccc(OC(C)C)c(CN[C@H]3CCCN[C@H]3c3ccccc3)c2)s1.Cl.Cl. The van der Waals surface area contributed by atoms with Crippen molar-refractivity contribution in [2.75, 3.05) is 17.9 Å². The molecule has 0 aliphatic carbocycles. The predicted molar refractivity (Wildman–Crippen MR) is 161 cm³/mol. The maximum Gasteiger partial charge on any atom is 0.275 e. The summed E-state index contributed by atoms with van der Waals surface area (Å²) in [6.45, 7) is 9.11.